The monoisotopic (exact) mass is 539 g/mol. The number of nitrogens with zero attached hydrogens (tertiary/aromatic N) is 1. The highest BCUT2D eigenvalue weighted by molar-refractivity contribution is 6.53. The van der Waals surface area contributed by atoms with Gasteiger partial charge >= 0.3 is 0 Å². The van der Waals surface area contributed by atoms with E-state index in [4.69, 9.17) is 15.2 Å². The molecule has 0 atom stereocenters. The highest BCUT2D eigenvalue weighted by Crippen LogP contribution is 2.40. The highest BCUT2D eigenvalue weighted by atomic mass is 16.3. The van der Waals surface area contributed by atoms with Crippen LogP contribution in [0.2, 0.25) is 0 Å². The van der Waals surface area contributed by atoms with Crippen molar-refractivity contribution in [1.29, 1.82) is 10.8 Å². The molecule has 0 saturated heterocycles. The number of furan rings is 1. The molecule has 4 heteroatoms. The van der Waals surface area contributed by atoms with E-state index < -0.39 is 0 Å². The van der Waals surface area contributed by atoms with E-state index in [0.29, 0.717) is 0 Å². The van der Waals surface area contributed by atoms with Crippen LogP contribution in [0.5, 0.6) is 0 Å². The van der Waals surface area contributed by atoms with Crippen LogP contribution in [0.4, 0.5) is 17.1 Å². The number of allylic oxidation sites excluding steroid dienone is 1. The van der Waals surface area contributed by atoms with Crippen molar-refractivity contribution in [1.82, 2.24) is 0 Å². The molecule has 0 bridgehead atoms. The summed E-state index contributed by atoms with van der Waals surface area (Å²) in [5, 5.41) is 21.1. The molecule has 8 rings (SSSR count). The second kappa shape index (κ2) is 9.43. The summed E-state index contributed by atoms with van der Waals surface area (Å²) < 4.78 is 6.25. The number of fused-ring (bicyclic) bond motifs is 6. The summed E-state index contributed by atoms with van der Waals surface area (Å²) in [6.45, 7) is 0. The van der Waals surface area contributed by atoms with Gasteiger partial charge in [-0.1, -0.05) is 78.9 Å². The predicted octanol–water partition coefficient (Wildman–Crippen LogP) is 10.3. The Labute approximate surface area is 242 Å². The molecule has 198 valence electrons. The fourth-order valence-electron chi connectivity index (χ4n) is 6.03. The third-order valence-corrected chi connectivity index (χ3v) is 8.08. The van der Waals surface area contributed by atoms with Crippen molar-refractivity contribution in [2.45, 2.75) is 0 Å². The van der Waals surface area contributed by atoms with E-state index in [2.05, 4.69) is 102 Å². The first-order valence-electron chi connectivity index (χ1n) is 13.9. The van der Waals surface area contributed by atoms with E-state index in [-0.39, 0.29) is 11.4 Å². The van der Waals surface area contributed by atoms with Crippen molar-refractivity contribution in [2.24, 2.45) is 0 Å². The number of anilines is 3. The summed E-state index contributed by atoms with van der Waals surface area (Å²) in [5.74, 6) is 0. The third-order valence-electron chi connectivity index (χ3n) is 8.08. The van der Waals surface area contributed by atoms with Crippen LogP contribution < -0.4 is 4.90 Å². The Bertz CT molecular complexity index is 2240. The van der Waals surface area contributed by atoms with Crippen LogP contribution in [0.1, 0.15) is 11.1 Å². The standard InChI is InChI=1S/C38H25N3O/c39-34-20-17-25-15-13-24-14-16-27(22-33(24)37(25)38(34)40)26-7-6-10-29(21-26)41(28-8-2-1-3-9-28)30-18-19-32-31-11-4-5-12-35(31)42-36(32)23-30/h1-23,39-40H. The van der Waals surface area contributed by atoms with Gasteiger partial charge in [0, 0.05) is 39.5 Å². The molecule has 2 N–H and O–H groups in total. The van der Waals surface area contributed by atoms with Gasteiger partial charge in [-0.15, -0.1) is 0 Å². The summed E-state index contributed by atoms with van der Waals surface area (Å²) in [7, 11) is 0. The Morgan fingerprint density at radius 1 is 0.500 bits per heavy atom. The SMILES string of the molecule is N=C1C=Cc2ccc3ccc(-c4cccc(N(c5ccccc5)c5ccc6c(c5)oc5ccccc56)c4)cc3c2C1=N. The zero-order valence-corrected chi connectivity index (χ0v) is 22.6. The first kappa shape index (κ1) is 24.1. The Hall–Kier alpha value is -5.74. The molecule has 0 spiro atoms. The number of para-hydroxylation sites is 2. The van der Waals surface area contributed by atoms with E-state index >= 15 is 0 Å². The summed E-state index contributed by atoms with van der Waals surface area (Å²) in [5.41, 5.74) is 9.27. The van der Waals surface area contributed by atoms with E-state index in [9.17, 15) is 0 Å². The van der Waals surface area contributed by atoms with Crippen molar-refractivity contribution in [3.8, 4) is 11.1 Å². The molecule has 0 fully saturated rings. The lowest BCUT2D eigenvalue weighted by molar-refractivity contribution is 0.669. The maximum Gasteiger partial charge on any atom is 0.137 e. The second-order valence-corrected chi connectivity index (χ2v) is 10.6. The number of hydrogen-bond donors (Lipinski definition) is 2. The van der Waals surface area contributed by atoms with Gasteiger partial charge < -0.3 is 9.32 Å². The van der Waals surface area contributed by atoms with E-state index in [1.807, 2.05) is 36.4 Å². The summed E-state index contributed by atoms with van der Waals surface area (Å²) in [6.07, 6.45) is 3.63. The summed E-state index contributed by atoms with van der Waals surface area (Å²) in [6, 6.07) is 44.0. The van der Waals surface area contributed by atoms with Crippen LogP contribution in [0.15, 0.2) is 138 Å². The molecule has 1 aromatic heterocycles. The first-order chi connectivity index (χ1) is 20.6. The molecule has 0 saturated carbocycles. The number of nitrogens with one attached hydrogen (secondary N) is 2. The zero-order valence-electron chi connectivity index (χ0n) is 22.6. The van der Waals surface area contributed by atoms with Gasteiger partial charge in [0.1, 0.15) is 11.2 Å². The Morgan fingerprint density at radius 2 is 1.24 bits per heavy atom. The normalized spacial score (nSPS) is 12.8. The predicted molar refractivity (Wildman–Crippen MR) is 175 cm³/mol. The van der Waals surface area contributed by atoms with Crippen molar-refractivity contribution >= 4 is 67.3 Å². The van der Waals surface area contributed by atoms with Crippen molar-refractivity contribution in [3.05, 3.63) is 145 Å². The Morgan fingerprint density at radius 3 is 2.14 bits per heavy atom. The van der Waals surface area contributed by atoms with Crippen molar-refractivity contribution in [2.75, 3.05) is 4.90 Å². The van der Waals surface area contributed by atoms with Gasteiger partial charge in [-0.05, 0) is 82.1 Å². The molecule has 0 amide bonds. The van der Waals surface area contributed by atoms with Crippen LogP contribution in [-0.2, 0) is 0 Å². The van der Waals surface area contributed by atoms with Gasteiger partial charge in [-0.2, -0.15) is 0 Å². The average Bonchev–Trinajstić information content (AvgIpc) is 3.41. The average molecular weight is 540 g/mol. The molecule has 1 aliphatic carbocycles. The molecule has 6 aromatic carbocycles. The molecule has 4 nitrogen and oxygen atoms in total. The maximum atomic E-state index is 8.62. The van der Waals surface area contributed by atoms with Crippen LogP contribution in [-0.4, -0.2) is 11.4 Å². The molecule has 42 heavy (non-hydrogen) atoms. The lowest BCUT2D eigenvalue weighted by Gasteiger charge is -2.26. The topological polar surface area (TPSA) is 64.1 Å². The van der Waals surface area contributed by atoms with Crippen molar-refractivity contribution < 1.29 is 4.42 Å². The van der Waals surface area contributed by atoms with Gasteiger partial charge in [-0.25, -0.2) is 0 Å². The minimum absolute atomic E-state index is 0.238. The van der Waals surface area contributed by atoms with Gasteiger partial charge in [0.15, 0.2) is 0 Å². The number of benzene rings is 6. The van der Waals surface area contributed by atoms with Gasteiger partial charge in [0.2, 0.25) is 0 Å². The van der Waals surface area contributed by atoms with Gasteiger partial charge in [0.05, 0.1) is 11.4 Å². The minimum atomic E-state index is 0.238. The highest BCUT2D eigenvalue weighted by Gasteiger charge is 2.19. The maximum absolute atomic E-state index is 8.62. The lowest BCUT2D eigenvalue weighted by atomic mass is 9.88. The Balaban J connectivity index is 1.27. The second-order valence-electron chi connectivity index (χ2n) is 10.6. The fraction of sp³-hybridized carbons (Fsp3) is 0. The molecular formula is C38H25N3O. The van der Waals surface area contributed by atoms with Crippen LogP contribution >= 0.6 is 0 Å². The van der Waals surface area contributed by atoms with E-state index in [0.717, 1.165) is 72.0 Å². The fourth-order valence-corrected chi connectivity index (χ4v) is 6.03. The molecule has 0 radical (unpaired) electrons. The molecule has 1 aliphatic rings. The zero-order chi connectivity index (χ0) is 28.2. The summed E-state index contributed by atoms with van der Waals surface area (Å²) in [4.78, 5) is 2.25. The molecule has 0 unspecified atom stereocenters. The Kier molecular flexibility index (Phi) is 5.41. The molecule has 7 aromatic rings. The van der Waals surface area contributed by atoms with Gasteiger partial charge in [-0.3, -0.25) is 10.8 Å². The lowest BCUT2D eigenvalue weighted by Crippen LogP contribution is -2.16. The van der Waals surface area contributed by atoms with Gasteiger partial charge in [0.25, 0.3) is 0 Å². The number of rotatable bonds is 4. The van der Waals surface area contributed by atoms with Crippen LogP contribution in [0.3, 0.4) is 0 Å². The molecule has 0 aliphatic heterocycles. The van der Waals surface area contributed by atoms with E-state index in [1.165, 1.54) is 0 Å². The largest absolute Gasteiger partial charge is 0.456 e. The smallest absolute Gasteiger partial charge is 0.137 e. The third kappa shape index (κ3) is 3.85. The molecule has 1 heterocycles. The van der Waals surface area contributed by atoms with Crippen LogP contribution in [0, 0.1) is 10.8 Å². The first-order valence-corrected chi connectivity index (χ1v) is 13.9. The van der Waals surface area contributed by atoms with E-state index in [1.54, 1.807) is 6.08 Å². The summed E-state index contributed by atoms with van der Waals surface area (Å²) >= 11 is 0. The quantitative estimate of drug-likeness (QED) is 0.234. The molecular weight excluding hydrogens is 514 g/mol. The van der Waals surface area contributed by atoms with Crippen molar-refractivity contribution in [3.63, 3.8) is 0 Å². The van der Waals surface area contributed by atoms with Crippen LogP contribution in [0.25, 0.3) is 49.9 Å². The number of hydrogen-bond acceptors (Lipinski definition) is 4. The minimum Gasteiger partial charge on any atom is -0.456 e.